The molecule has 3 rings (SSSR count). The average molecular weight is 445 g/mol. The standard InChI is InChI=1S/C24H33ClN4O2/c1-17-9-10-19(25)13-21(17)29-12-11-18(16-29)14-26-24(30)27-15-22(28(2)3)20-7-5-6-8-23(20)31-4/h5-10,13,18,22H,11-12,14-16H2,1-4H3,(H2,26,27,30). The number of carbonyl (C=O) groups excluding carboxylic acids is 1. The molecule has 2 aromatic carbocycles. The summed E-state index contributed by atoms with van der Waals surface area (Å²) >= 11 is 6.18. The lowest BCUT2D eigenvalue weighted by Crippen LogP contribution is -2.42. The summed E-state index contributed by atoms with van der Waals surface area (Å²) < 4.78 is 5.49. The van der Waals surface area contributed by atoms with Gasteiger partial charge in [-0.3, -0.25) is 0 Å². The molecule has 1 heterocycles. The van der Waals surface area contributed by atoms with Crippen molar-refractivity contribution in [3.8, 4) is 5.75 Å². The fourth-order valence-corrected chi connectivity index (χ4v) is 4.31. The van der Waals surface area contributed by atoms with Crippen LogP contribution in [0, 0.1) is 12.8 Å². The molecular formula is C24H33ClN4O2. The Morgan fingerprint density at radius 1 is 1.26 bits per heavy atom. The van der Waals surface area contributed by atoms with Gasteiger partial charge in [-0.2, -0.15) is 0 Å². The summed E-state index contributed by atoms with van der Waals surface area (Å²) in [6.07, 6.45) is 1.05. The molecule has 2 aromatic rings. The number of hydrogen-bond acceptors (Lipinski definition) is 4. The van der Waals surface area contributed by atoms with Crippen LogP contribution >= 0.6 is 11.6 Å². The molecule has 7 heteroatoms. The van der Waals surface area contributed by atoms with Gasteiger partial charge in [0.2, 0.25) is 0 Å². The molecule has 0 aromatic heterocycles. The molecule has 0 spiro atoms. The lowest BCUT2D eigenvalue weighted by molar-refractivity contribution is 0.230. The smallest absolute Gasteiger partial charge is 0.314 e. The Morgan fingerprint density at radius 2 is 2.03 bits per heavy atom. The molecule has 0 bridgehead atoms. The Bertz CT molecular complexity index is 890. The Morgan fingerprint density at radius 3 is 2.77 bits per heavy atom. The van der Waals surface area contributed by atoms with E-state index in [1.165, 1.54) is 11.3 Å². The second-order valence-electron chi connectivity index (χ2n) is 8.34. The first kappa shape index (κ1) is 23.2. The molecule has 1 aliphatic heterocycles. The van der Waals surface area contributed by atoms with Gasteiger partial charge in [0.05, 0.1) is 13.2 Å². The zero-order valence-corrected chi connectivity index (χ0v) is 19.6. The zero-order chi connectivity index (χ0) is 22.4. The number of halogens is 1. The molecule has 6 nitrogen and oxygen atoms in total. The van der Waals surface area contributed by atoms with Gasteiger partial charge >= 0.3 is 6.03 Å². The number of benzene rings is 2. The molecule has 2 amide bonds. The van der Waals surface area contributed by atoms with Gasteiger partial charge < -0.3 is 25.2 Å². The number of methoxy groups -OCH3 is 1. The van der Waals surface area contributed by atoms with Crippen LogP contribution in [0.4, 0.5) is 10.5 Å². The van der Waals surface area contributed by atoms with Gasteiger partial charge in [-0.25, -0.2) is 4.79 Å². The summed E-state index contributed by atoms with van der Waals surface area (Å²) in [6, 6.07) is 13.8. The molecule has 168 valence electrons. The largest absolute Gasteiger partial charge is 0.496 e. The molecule has 1 aliphatic rings. The van der Waals surface area contributed by atoms with Gasteiger partial charge in [0.15, 0.2) is 0 Å². The number of para-hydroxylation sites is 1. The summed E-state index contributed by atoms with van der Waals surface area (Å²) in [5, 5.41) is 6.82. The van der Waals surface area contributed by atoms with Crippen LogP contribution in [0.2, 0.25) is 5.02 Å². The quantitative estimate of drug-likeness (QED) is 0.644. The molecule has 0 saturated carbocycles. The number of likely N-dealkylation sites (N-methyl/N-ethyl adjacent to an activating group) is 1. The molecule has 0 aliphatic carbocycles. The van der Waals surface area contributed by atoms with E-state index in [1.54, 1.807) is 7.11 Å². The third kappa shape index (κ3) is 6.05. The Hall–Kier alpha value is -2.44. The number of ether oxygens (including phenoxy) is 1. The fourth-order valence-electron chi connectivity index (χ4n) is 4.14. The van der Waals surface area contributed by atoms with Crippen molar-refractivity contribution in [1.82, 2.24) is 15.5 Å². The van der Waals surface area contributed by atoms with Crippen molar-refractivity contribution in [2.45, 2.75) is 19.4 Å². The minimum absolute atomic E-state index is 0.0228. The molecule has 31 heavy (non-hydrogen) atoms. The van der Waals surface area contributed by atoms with E-state index in [4.69, 9.17) is 16.3 Å². The average Bonchev–Trinajstić information content (AvgIpc) is 3.23. The second kappa shape index (κ2) is 10.7. The van der Waals surface area contributed by atoms with Crippen LogP contribution in [-0.4, -0.2) is 58.3 Å². The van der Waals surface area contributed by atoms with Gasteiger partial charge in [-0.15, -0.1) is 0 Å². The topological polar surface area (TPSA) is 56.8 Å². The van der Waals surface area contributed by atoms with E-state index in [-0.39, 0.29) is 12.1 Å². The highest BCUT2D eigenvalue weighted by atomic mass is 35.5. The maximum atomic E-state index is 12.5. The molecule has 1 fully saturated rings. The number of hydrogen-bond donors (Lipinski definition) is 2. The summed E-state index contributed by atoms with van der Waals surface area (Å²) in [6.45, 7) is 5.16. The molecule has 1 saturated heterocycles. The Labute approximate surface area is 190 Å². The summed E-state index contributed by atoms with van der Waals surface area (Å²) in [7, 11) is 5.67. The third-order valence-corrected chi connectivity index (χ3v) is 6.16. The van der Waals surface area contributed by atoms with E-state index in [1.807, 2.05) is 50.5 Å². The minimum Gasteiger partial charge on any atom is -0.496 e. The maximum Gasteiger partial charge on any atom is 0.314 e. The first-order valence-corrected chi connectivity index (χ1v) is 11.1. The number of amides is 2. The minimum atomic E-state index is -0.140. The molecule has 2 atom stereocenters. The van der Waals surface area contributed by atoms with Gasteiger partial charge in [-0.05, 0) is 57.1 Å². The van der Waals surface area contributed by atoms with Crippen molar-refractivity contribution in [2.75, 3.05) is 52.3 Å². The highest BCUT2D eigenvalue weighted by molar-refractivity contribution is 6.30. The molecule has 2 unspecified atom stereocenters. The molecular weight excluding hydrogens is 412 g/mol. The van der Waals surface area contributed by atoms with Crippen LogP contribution in [0.1, 0.15) is 23.6 Å². The molecule has 2 N–H and O–H groups in total. The molecule has 0 radical (unpaired) electrons. The van der Waals surface area contributed by atoms with Gasteiger partial charge in [-0.1, -0.05) is 35.9 Å². The number of rotatable bonds is 8. The summed E-state index contributed by atoms with van der Waals surface area (Å²) in [4.78, 5) is 16.9. The van der Waals surface area contributed by atoms with E-state index in [0.717, 1.165) is 35.8 Å². The van der Waals surface area contributed by atoms with Crippen LogP contribution in [0.15, 0.2) is 42.5 Å². The van der Waals surface area contributed by atoms with Crippen molar-refractivity contribution >= 4 is 23.3 Å². The van der Waals surface area contributed by atoms with E-state index in [9.17, 15) is 4.79 Å². The van der Waals surface area contributed by atoms with Crippen molar-refractivity contribution in [2.24, 2.45) is 5.92 Å². The van der Waals surface area contributed by atoms with Crippen molar-refractivity contribution in [3.05, 3.63) is 58.6 Å². The van der Waals surface area contributed by atoms with Crippen molar-refractivity contribution in [1.29, 1.82) is 0 Å². The van der Waals surface area contributed by atoms with Crippen molar-refractivity contribution in [3.63, 3.8) is 0 Å². The van der Waals surface area contributed by atoms with Gasteiger partial charge in [0.1, 0.15) is 5.75 Å². The van der Waals surface area contributed by atoms with Gasteiger partial charge in [0.25, 0.3) is 0 Å². The number of aryl methyl sites for hydroxylation is 1. The Kier molecular flexibility index (Phi) is 8.04. The third-order valence-electron chi connectivity index (χ3n) is 5.93. The number of nitrogens with zero attached hydrogens (tertiary/aromatic N) is 2. The second-order valence-corrected chi connectivity index (χ2v) is 8.78. The van der Waals surface area contributed by atoms with Crippen LogP contribution in [0.5, 0.6) is 5.75 Å². The first-order valence-electron chi connectivity index (χ1n) is 10.7. The monoisotopic (exact) mass is 444 g/mol. The highest BCUT2D eigenvalue weighted by Gasteiger charge is 2.24. The van der Waals surface area contributed by atoms with Crippen LogP contribution in [0.3, 0.4) is 0 Å². The Balaban J connectivity index is 1.49. The van der Waals surface area contributed by atoms with E-state index in [0.29, 0.717) is 19.0 Å². The zero-order valence-electron chi connectivity index (χ0n) is 18.8. The van der Waals surface area contributed by atoms with Gasteiger partial charge in [0, 0.05) is 42.5 Å². The summed E-state index contributed by atoms with van der Waals surface area (Å²) in [5.41, 5.74) is 3.46. The normalized spacial score (nSPS) is 17.0. The fraction of sp³-hybridized carbons (Fsp3) is 0.458. The highest BCUT2D eigenvalue weighted by Crippen LogP contribution is 2.29. The first-order chi connectivity index (χ1) is 14.9. The number of urea groups is 1. The van der Waals surface area contributed by atoms with Crippen LogP contribution < -0.4 is 20.3 Å². The predicted molar refractivity (Wildman–Crippen MR) is 127 cm³/mol. The van der Waals surface area contributed by atoms with Crippen LogP contribution in [-0.2, 0) is 0 Å². The maximum absolute atomic E-state index is 12.5. The lowest BCUT2D eigenvalue weighted by atomic mass is 10.0. The summed E-state index contributed by atoms with van der Waals surface area (Å²) in [5.74, 6) is 1.24. The number of nitrogens with one attached hydrogen (secondary N) is 2. The van der Waals surface area contributed by atoms with E-state index in [2.05, 4.69) is 33.4 Å². The predicted octanol–water partition coefficient (Wildman–Crippen LogP) is 4.09. The van der Waals surface area contributed by atoms with Crippen molar-refractivity contribution < 1.29 is 9.53 Å². The van der Waals surface area contributed by atoms with Crippen LogP contribution in [0.25, 0.3) is 0 Å². The number of anilines is 1. The van der Waals surface area contributed by atoms with E-state index >= 15 is 0 Å². The SMILES string of the molecule is COc1ccccc1C(CNC(=O)NCC1CCN(c2cc(Cl)ccc2C)C1)N(C)C. The lowest BCUT2D eigenvalue weighted by Gasteiger charge is -2.26. The van der Waals surface area contributed by atoms with E-state index < -0.39 is 0 Å². The number of carbonyl (C=O) groups is 1.